The van der Waals surface area contributed by atoms with Crippen molar-refractivity contribution in [2.75, 3.05) is 14.7 Å². The second kappa shape index (κ2) is 20.2. The Morgan fingerprint density at radius 2 is 0.962 bits per heavy atom. The molecule has 0 saturated carbocycles. The maximum Gasteiger partial charge on any atom is 0.135 e. The zero-order chi connectivity index (χ0) is 54.2. The van der Waals surface area contributed by atoms with Gasteiger partial charge in [0.05, 0.1) is 0 Å². The predicted molar refractivity (Wildman–Crippen MR) is 326 cm³/mol. The van der Waals surface area contributed by atoms with Crippen LogP contribution >= 0.6 is 0 Å². The fourth-order valence-electron chi connectivity index (χ4n) is 11.0. The first-order valence-corrected chi connectivity index (χ1v) is 27.3. The number of pyridine rings is 1. The van der Waals surface area contributed by atoms with E-state index in [1.165, 1.54) is 44.3 Å². The zero-order valence-corrected chi connectivity index (χ0v) is 49.9. The van der Waals surface area contributed by atoms with Gasteiger partial charge in [-0.2, -0.15) is 6.07 Å². The zero-order valence-electron chi connectivity index (χ0n) is 47.6. The van der Waals surface area contributed by atoms with E-state index in [2.05, 4.69) is 316 Å². The second-order valence-corrected chi connectivity index (χ2v) is 25.2. The molecular weight excluding hydrogens is 1130 g/mol. The molecule has 78 heavy (non-hydrogen) atoms. The summed E-state index contributed by atoms with van der Waals surface area (Å²) in [6, 6.07) is 77.1. The van der Waals surface area contributed by atoms with Crippen LogP contribution in [0.2, 0.25) is 0 Å². The summed E-state index contributed by atoms with van der Waals surface area (Å²) < 4.78 is 2.31. The summed E-state index contributed by atoms with van der Waals surface area (Å²) in [5.74, 6) is 0.877. The first-order valence-electron chi connectivity index (χ1n) is 27.3. The minimum atomic E-state index is -0.279. The van der Waals surface area contributed by atoms with Gasteiger partial charge >= 0.3 is 0 Å². The van der Waals surface area contributed by atoms with E-state index in [1.54, 1.807) is 0 Å². The molecular formula is C72H72N5Pt-3. The third-order valence-electron chi connectivity index (χ3n) is 16.1. The molecule has 1 aliphatic rings. The largest absolute Gasteiger partial charge is 0.493 e. The van der Waals surface area contributed by atoms with Gasteiger partial charge in [-0.25, -0.2) is 4.98 Å². The average molecular weight is 1200 g/mol. The van der Waals surface area contributed by atoms with Crippen LogP contribution in [0.5, 0.6) is 0 Å². The number of rotatable bonds is 10. The fourth-order valence-corrected chi connectivity index (χ4v) is 11.0. The number of para-hydroxylation sites is 3. The van der Waals surface area contributed by atoms with E-state index < -0.39 is 0 Å². The SMILES string of the molecule is CC(C)(C)c1cc(N2[CH-]N(c3cc(C(C)(C)c4ccccc4)cc(C(C)(C)c4ccccc4)c3)c3ccccc32)[c-]c(N(c2[c-]c3c(cc2)c2cc(C(C)(C)C)ccc2n3-c2cc(C(C)(C)C)ccn2)c2ccccc2)c1.[Pt]. The maximum absolute atomic E-state index is 5.07. The molecule has 0 N–H and O–H groups in total. The molecule has 0 bridgehead atoms. The number of hydrogen-bond acceptors (Lipinski definition) is 4. The van der Waals surface area contributed by atoms with E-state index in [4.69, 9.17) is 4.98 Å². The van der Waals surface area contributed by atoms with Crippen LogP contribution in [0.15, 0.2) is 194 Å². The van der Waals surface area contributed by atoms with E-state index in [-0.39, 0.29) is 48.1 Å². The summed E-state index contributed by atoms with van der Waals surface area (Å²) in [6.45, 7) is 32.2. The first-order chi connectivity index (χ1) is 36.6. The Labute approximate surface area is 478 Å². The van der Waals surface area contributed by atoms with Crippen molar-refractivity contribution < 1.29 is 21.1 Å². The number of hydrogen-bond donors (Lipinski definition) is 0. The monoisotopic (exact) mass is 1200 g/mol. The Morgan fingerprint density at radius 3 is 1.54 bits per heavy atom. The van der Waals surface area contributed by atoms with Gasteiger partial charge in [0.15, 0.2) is 0 Å². The van der Waals surface area contributed by atoms with E-state index in [1.807, 2.05) is 6.20 Å². The molecule has 8 aromatic carbocycles. The van der Waals surface area contributed by atoms with Crippen molar-refractivity contribution in [1.29, 1.82) is 0 Å². The van der Waals surface area contributed by atoms with Crippen LogP contribution in [-0.4, -0.2) is 9.55 Å². The Bertz CT molecular complexity index is 3730. The van der Waals surface area contributed by atoms with Crippen molar-refractivity contribution in [1.82, 2.24) is 9.55 Å². The van der Waals surface area contributed by atoms with Crippen LogP contribution in [0.3, 0.4) is 0 Å². The minimum absolute atomic E-state index is 0. The van der Waals surface area contributed by atoms with E-state index in [0.717, 1.165) is 62.0 Å². The molecule has 0 fully saturated rings. The number of anilines is 7. The van der Waals surface area contributed by atoms with Crippen molar-refractivity contribution >= 4 is 61.6 Å². The molecule has 0 unspecified atom stereocenters. The van der Waals surface area contributed by atoms with Gasteiger partial charge < -0.3 is 19.3 Å². The van der Waals surface area contributed by atoms with Crippen molar-refractivity contribution in [2.24, 2.45) is 0 Å². The maximum atomic E-state index is 5.07. The number of aromatic nitrogens is 2. The second-order valence-electron chi connectivity index (χ2n) is 25.2. The van der Waals surface area contributed by atoms with Crippen LogP contribution in [0, 0.1) is 18.8 Å². The van der Waals surface area contributed by atoms with Crippen molar-refractivity contribution in [3.05, 3.63) is 252 Å². The molecule has 398 valence electrons. The normalized spacial score (nSPS) is 13.2. The molecule has 5 nitrogen and oxygen atoms in total. The molecule has 0 radical (unpaired) electrons. The predicted octanol–water partition coefficient (Wildman–Crippen LogP) is 19.2. The molecule has 0 amide bonds. The Morgan fingerprint density at radius 1 is 0.423 bits per heavy atom. The van der Waals surface area contributed by atoms with Crippen molar-refractivity contribution in [3.63, 3.8) is 0 Å². The Hall–Kier alpha value is -7.20. The average Bonchev–Trinajstić information content (AvgIpc) is 4.14. The van der Waals surface area contributed by atoms with Gasteiger partial charge in [-0.05, 0) is 110 Å². The fraction of sp³-hybridized carbons (Fsp3) is 0.250. The van der Waals surface area contributed by atoms with Crippen LogP contribution in [0.4, 0.5) is 39.8 Å². The molecule has 1 aliphatic heterocycles. The van der Waals surface area contributed by atoms with Crippen LogP contribution in [-0.2, 0) is 48.1 Å². The summed E-state index contributed by atoms with van der Waals surface area (Å²) in [7, 11) is 0. The van der Waals surface area contributed by atoms with Crippen LogP contribution in [0.1, 0.15) is 129 Å². The third kappa shape index (κ3) is 10.0. The van der Waals surface area contributed by atoms with Crippen molar-refractivity contribution in [3.8, 4) is 5.82 Å². The van der Waals surface area contributed by atoms with Crippen LogP contribution < -0.4 is 14.7 Å². The topological polar surface area (TPSA) is 27.5 Å². The molecule has 3 heterocycles. The molecule has 0 spiro atoms. The van der Waals surface area contributed by atoms with Gasteiger partial charge in [-0.3, -0.25) is 0 Å². The Kier molecular flexibility index (Phi) is 14.0. The number of nitrogens with zero attached hydrogens (tertiary/aromatic N) is 5. The summed E-state index contributed by atoms with van der Waals surface area (Å²) in [5.41, 5.74) is 17.1. The number of fused-ring (bicyclic) bond motifs is 4. The summed E-state index contributed by atoms with van der Waals surface area (Å²) in [5, 5.41) is 2.32. The van der Waals surface area contributed by atoms with E-state index >= 15 is 0 Å². The quantitative estimate of drug-likeness (QED) is 0.128. The van der Waals surface area contributed by atoms with Gasteiger partial charge in [0.25, 0.3) is 0 Å². The summed E-state index contributed by atoms with van der Waals surface area (Å²) >= 11 is 0. The number of benzene rings is 8. The van der Waals surface area contributed by atoms with E-state index in [0.29, 0.717) is 0 Å². The van der Waals surface area contributed by atoms with E-state index in [9.17, 15) is 0 Å². The summed E-state index contributed by atoms with van der Waals surface area (Å²) in [6.07, 6.45) is 1.95. The van der Waals surface area contributed by atoms with Gasteiger partial charge in [-0.1, -0.05) is 216 Å². The Balaban J connectivity index is 0.00000688. The smallest absolute Gasteiger partial charge is 0.135 e. The van der Waals surface area contributed by atoms with Gasteiger partial charge in [0.1, 0.15) is 5.82 Å². The standard InChI is InChI=1S/C72H72N5.Pt/c1-68(2,3)51-33-36-63-62(44-51)61-35-34-57(47-66(61)77(63)67-45-52(37-38-73-67)69(4,5)6)76(56-29-21-16-22-30-56)60-41-53(70(7,8)9)40-59(46-60)75-48-74(64-31-23-24-32-65(64)75)58-42-54(71(10,11)49-25-17-14-18-26-49)39-55(43-58)72(12,13)50-27-19-15-20-28-50;/h14-45,48H,1-13H3;/q-3;. The molecule has 2 aromatic heterocycles. The molecule has 0 atom stereocenters. The van der Waals surface area contributed by atoms with Crippen LogP contribution in [0.25, 0.3) is 27.6 Å². The molecule has 11 rings (SSSR count). The molecule has 0 aliphatic carbocycles. The minimum Gasteiger partial charge on any atom is -0.493 e. The first kappa shape index (κ1) is 54.2. The molecule has 0 saturated heterocycles. The summed E-state index contributed by atoms with van der Waals surface area (Å²) in [4.78, 5) is 12.1. The van der Waals surface area contributed by atoms with Crippen molar-refractivity contribution in [2.45, 2.75) is 117 Å². The van der Waals surface area contributed by atoms with Gasteiger partial charge in [0.2, 0.25) is 0 Å². The van der Waals surface area contributed by atoms with Gasteiger partial charge in [0, 0.05) is 66.4 Å². The third-order valence-corrected chi connectivity index (χ3v) is 16.1. The molecule has 6 heteroatoms. The molecule has 10 aromatic rings. The van der Waals surface area contributed by atoms with Gasteiger partial charge in [-0.15, -0.1) is 53.6 Å².